The SMILES string of the molecule is Clc1ccc(C(/N=C/c2ccccc2)c2ccccc2)cc1. The molecule has 0 aromatic heterocycles. The van der Waals surface area contributed by atoms with Crippen LogP contribution in [-0.2, 0) is 0 Å². The maximum atomic E-state index is 6.00. The van der Waals surface area contributed by atoms with Gasteiger partial charge in [0.15, 0.2) is 0 Å². The lowest BCUT2D eigenvalue weighted by Gasteiger charge is -2.13. The van der Waals surface area contributed by atoms with Crippen LogP contribution in [0, 0.1) is 0 Å². The van der Waals surface area contributed by atoms with Gasteiger partial charge in [-0.15, -0.1) is 0 Å². The molecule has 1 nitrogen and oxygen atoms in total. The van der Waals surface area contributed by atoms with E-state index in [1.807, 2.05) is 79.0 Å². The normalized spacial score (nSPS) is 12.4. The third kappa shape index (κ3) is 3.63. The summed E-state index contributed by atoms with van der Waals surface area (Å²) < 4.78 is 0. The summed E-state index contributed by atoms with van der Waals surface area (Å²) in [7, 11) is 0. The number of nitrogens with zero attached hydrogens (tertiary/aromatic N) is 1. The average Bonchev–Trinajstić information content (AvgIpc) is 2.58. The van der Waals surface area contributed by atoms with Crippen molar-refractivity contribution in [2.75, 3.05) is 0 Å². The molecule has 0 spiro atoms. The smallest absolute Gasteiger partial charge is 0.0999 e. The zero-order valence-electron chi connectivity index (χ0n) is 12.1. The lowest BCUT2D eigenvalue weighted by molar-refractivity contribution is 0.878. The molecule has 0 aliphatic heterocycles. The Bertz CT molecular complexity index is 734. The average molecular weight is 306 g/mol. The van der Waals surface area contributed by atoms with E-state index < -0.39 is 0 Å². The molecule has 0 fully saturated rings. The molecule has 3 aromatic rings. The largest absolute Gasteiger partial charge is 0.280 e. The molecule has 22 heavy (non-hydrogen) atoms. The van der Waals surface area contributed by atoms with Gasteiger partial charge in [-0.05, 0) is 28.8 Å². The highest BCUT2D eigenvalue weighted by atomic mass is 35.5. The van der Waals surface area contributed by atoms with Crippen molar-refractivity contribution in [1.82, 2.24) is 0 Å². The summed E-state index contributed by atoms with van der Waals surface area (Å²) in [6.45, 7) is 0. The fourth-order valence-electron chi connectivity index (χ4n) is 2.34. The number of halogens is 1. The zero-order chi connectivity index (χ0) is 15.2. The topological polar surface area (TPSA) is 12.4 Å². The molecule has 0 N–H and O–H groups in total. The summed E-state index contributed by atoms with van der Waals surface area (Å²) in [5, 5.41) is 0.739. The molecule has 0 saturated heterocycles. The van der Waals surface area contributed by atoms with Crippen LogP contribution in [0.15, 0.2) is 89.9 Å². The molecule has 1 atom stereocenters. The van der Waals surface area contributed by atoms with Crippen LogP contribution in [0.1, 0.15) is 22.7 Å². The van der Waals surface area contributed by atoms with Crippen LogP contribution >= 0.6 is 11.6 Å². The Hall–Kier alpha value is -2.38. The zero-order valence-corrected chi connectivity index (χ0v) is 12.8. The van der Waals surface area contributed by atoms with E-state index in [9.17, 15) is 0 Å². The minimum Gasteiger partial charge on any atom is -0.280 e. The number of hydrogen-bond donors (Lipinski definition) is 0. The highest BCUT2D eigenvalue weighted by Gasteiger charge is 2.11. The first-order chi connectivity index (χ1) is 10.8. The van der Waals surface area contributed by atoms with Crippen molar-refractivity contribution in [1.29, 1.82) is 0 Å². The van der Waals surface area contributed by atoms with Gasteiger partial charge in [0.2, 0.25) is 0 Å². The Morgan fingerprint density at radius 2 is 1.23 bits per heavy atom. The van der Waals surface area contributed by atoms with Gasteiger partial charge in [0.1, 0.15) is 0 Å². The lowest BCUT2D eigenvalue weighted by atomic mass is 9.99. The second kappa shape index (κ2) is 7.06. The summed E-state index contributed by atoms with van der Waals surface area (Å²) in [6, 6.07) is 28.3. The summed E-state index contributed by atoms with van der Waals surface area (Å²) in [4.78, 5) is 4.80. The second-order valence-electron chi connectivity index (χ2n) is 5.05. The van der Waals surface area contributed by atoms with E-state index in [1.54, 1.807) is 0 Å². The van der Waals surface area contributed by atoms with Gasteiger partial charge in [-0.1, -0.05) is 84.4 Å². The molecule has 0 aliphatic carbocycles. The van der Waals surface area contributed by atoms with Gasteiger partial charge in [-0.25, -0.2) is 0 Å². The van der Waals surface area contributed by atoms with E-state index in [0.717, 1.165) is 21.7 Å². The predicted molar refractivity (Wildman–Crippen MR) is 93.8 cm³/mol. The van der Waals surface area contributed by atoms with E-state index >= 15 is 0 Å². The molecular formula is C20H16ClN. The van der Waals surface area contributed by atoms with Gasteiger partial charge in [0.05, 0.1) is 6.04 Å². The van der Waals surface area contributed by atoms with Crippen LogP contribution in [0.3, 0.4) is 0 Å². The molecule has 0 aliphatic rings. The van der Waals surface area contributed by atoms with Crippen LogP contribution in [0.25, 0.3) is 0 Å². The lowest BCUT2D eigenvalue weighted by Crippen LogP contribution is -1.98. The Labute approximate surface area is 135 Å². The summed E-state index contributed by atoms with van der Waals surface area (Å²) in [6.07, 6.45) is 1.92. The Morgan fingerprint density at radius 1 is 0.682 bits per heavy atom. The summed E-state index contributed by atoms with van der Waals surface area (Å²) in [5.41, 5.74) is 3.39. The Kier molecular flexibility index (Phi) is 4.67. The van der Waals surface area contributed by atoms with Gasteiger partial charge in [-0.2, -0.15) is 0 Å². The quantitative estimate of drug-likeness (QED) is 0.560. The number of aliphatic imine (C=N–C) groups is 1. The van der Waals surface area contributed by atoms with E-state index in [-0.39, 0.29) is 6.04 Å². The third-order valence-electron chi connectivity index (χ3n) is 3.47. The molecule has 0 saturated carbocycles. The van der Waals surface area contributed by atoms with Crippen LogP contribution in [-0.4, -0.2) is 6.21 Å². The van der Waals surface area contributed by atoms with Crippen molar-refractivity contribution < 1.29 is 0 Å². The first kappa shape index (κ1) is 14.6. The van der Waals surface area contributed by atoms with Gasteiger partial charge in [0, 0.05) is 11.2 Å². The van der Waals surface area contributed by atoms with Gasteiger partial charge in [-0.3, -0.25) is 4.99 Å². The van der Waals surface area contributed by atoms with Crippen molar-refractivity contribution in [3.05, 3.63) is 107 Å². The number of hydrogen-bond acceptors (Lipinski definition) is 1. The molecule has 0 amide bonds. The van der Waals surface area contributed by atoms with Crippen LogP contribution in [0.5, 0.6) is 0 Å². The van der Waals surface area contributed by atoms with Crippen LogP contribution in [0.4, 0.5) is 0 Å². The summed E-state index contributed by atoms with van der Waals surface area (Å²) >= 11 is 6.00. The fourth-order valence-corrected chi connectivity index (χ4v) is 2.47. The highest BCUT2D eigenvalue weighted by molar-refractivity contribution is 6.30. The van der Waals surface area contributed by atoms with Gasteiger partial charge < -0.3 is 0 Å². The van der Waals surface area contributed by atoms with E-state index in [2.05, 4.69) is 12.1 Å². The molecule has 0 radical (unpaired) electrons. The van der Waals surface area contributed by atoms with Crippen molar-refractivity contribution >= 4 is 17.8 Å². The molecule has 1 unspecified atom stereocenters. The monoisotopic (exact) mass is 305 g/mol. The maximum Gasteiger partial charge on any atom is 0.0999 e. The van der Waals surface area contributed by atoms with Gasteiger partial charge >= 0.3 is 0 Å². The third-order valence-corrected chi connectivity index (χ3v) is 3.73. The first-order valence-electron chi connectivity index (χ1n) is 7.21. The minimum atomic E-state index is -0.0290. The number of rotatable bonds is 4. The molecule has 2 heteroatoms. The number of benzene rings is 3. The van der Waals surface area contributed by atoms with E-state index in [0.29, 0.717) is 0 Å². The van der Waals surface area contributed by atoms with Crippen molar-refractivity contribution in [2.24, 2.45) is 4.99 Å². The molecule has 3 rings (SSSR count). The van der Waals surface area contributed by atoms with Crippen LogP contribution in [0.2, 0.25) is 5.02 Å². The van der Waals surface area contributed by atoms with Crippen molar-refractivity contribution in [3.8, 4) is 0 Å². The van der Waals surface area contributed by atoms with E-state index in [4.69, 9.17) is 16.6 Å². The molecule has 108 valence electrons. The fraction of sp³-hybridized carbons (Fsp3) is 0.0500. The molecular weight excluding hydrogens is 290 g/mol. The maximum absolute atomic E-state index is 6.00. The van der Waals surface area contributed by atoms with Crippen LogP contribution < -0.4 is 0 Å². The van der Waals surface area contributed by atoms with Gasteiger partial charge in [0.25, 0.3) is 0 Å². The summed E-state index contributed by atoms with van der Waals surface area (Å²) in [5.74, 6) is 0. The predicted octanol–water partition coefficient (Wildman–Crippen LogP) is 5.55. The van der Waals surface area contributed by atoms with Crippen molar-refractivity contribution in [3.63, 3.8) is 0 Å². The van der Waals surface area contributed by atoms with E-state index in [1.165, 1.54) is 0 Å². The molecule has 0 heterocycles. The second-order valence-corrected chi connectivity index (χ2v) is 5.49. The Morgan fingerprint density at radius 3 is 1.86 bits per heavy atom. The first-order valence-corrected chi connectivity index (χ1v) is 7.59. The van der Waals surface area contributed by atoms with Crippen molar-refractivity contribution in [2.45, 2.75) is 6.04 Å². The molecule has 0 bridgehead atoms. The highest BCUT2D eigenvalue weighted by Crippen LogP contribution is 2.27. The molecule has 3 aromatic carbocycles. The Balaban J connectivity index is 1.96. The minimum absolute atomic E-state index is 0.0290. The standard InChI is InChI=1S/C20H16ClN/c21-19-13-11-18(12-14-19)20(17-9-5-2-6-10-17)22-15-16-7-3-1-4-8-16/h1-15,20H/b22-15+.